The molecule has 0 amide bonds. The fourth-order valence-corrected chi connectivity index (χ4v) is 4.87. The normalized spacial score (nSPS) is 10.8. The number of rotatable bonds is 7. The second-order valence-corrected chi connectivity index (χ2v) is 8.98. The van der Waals surface area contributed by atoms with E-state index in [9.17, 15) is 13.2 Å². The zero-order valence-corrected chi connectivity index (χ0v) is 15.6. The monoisotopic (exact) mass is 428 g/mol. The van der Waals surface area contributed by atoms with Gasteiger partial charge in [0, 0.05) is 6.42 Å². The summed E-state index contributed by atoms with van der Waals surface area (Å²) in [6.45, 7) is 0.103. The molecular weight excluding hydrogens is 416 g/mol. The van der Waals surface area contributed by atoms with E-state index in [-0.39, 0.29) is 28.5 Å². The summed E-state index contributed by atoms with van der Waals surface area (Å²) < 4.78 is 33.1. The van der Waals surface area contributed by atoms with Crippen LogP contribution in [0.25, 0.3) is 0 Å². The number of anilines is 1. The summed E-state index contributed by atoms with van der Waals surface area (Å²) in [6.07, 6.45) is 0.716. The number of halogens is 1. The first-order valence-electron chi connectivity index (χ1n) is 6.85. The number of carbonyl (C=O) groups is 1. The Balaban J connectivity index is 2.17. The second kappa shape index (κ2) is 8.28. The SMILES string of the molecule is N#CCCCOC(=O)c1ccccc1NS(=O)(=O)c1ccc(Br)s1. The first-order chi connectivity index (χ1) is 11.4. The van der Waals surface area contributed by atoms with Crippen LogP contribution >= 0.6 is 27.3 Å². The number of unbranched alkanes of at least 4 members (excludes halogenated alkanes) is 1. The molecule has 0 aliphatic rings. The van der Waals surface area contributed by atoms with Crippen LogP contribution in [-0.2, 0) is 14.8 Å². The van der Waals surface area contributed by atoms with Crippen molar-refractivity contribution < 1.29 is 17.9 Å². The van der Waals surface area contributed by atoms with Crippen LogP contribution in [0.5, 0.6) is 0 Å². The Morgan fingerprint density at radius 3 is 2.71 bits per heavy atom. The number of nitrogens with one attached hydrogen (secondary N) is 1. The van der Waals surface area contributed by atoms with Crippen LogP contribution in [-0.4, -0.2) is 21.0 Å². The molecule has 0 unspecified atom stereocenters. The molecule has 126 valence electrons. The predicted molar refractivity (Wildman–Crippen MR) is 94.4 cm³/mol. The van der Waals surface area contributed by atoms with Crippen molar-refractivity contribution in [3.8, 4) is 6.07 Å². The van der Waals surface area contributed by atoms with Gasteiger partial charge in [0.2, 0.25) is 0 Å². The van der Waals surface area contributed by atoms with E-state index in [0.29, 0.717) is 10.2 Å². The molecule has 9 heteroatoms. The topological polar surface area (TPSA) is 96.3 Å². The van der Waals surface area contributed by atoms with Crippen LogP contribution in [0.15, 0.2) is 44.4 Å². The predicted octanol–water partition coefficient (Wildman–Crippen LogP) is 3.77. The molecule has 0 saturated heterocycles. The fraction of sp³-hybridized carbons (Fsp3) is 0.200. The smallest absolute Gasteiger partial charge is 0.340 e. The third-order valence-electron chi connectivity index (χ3n) is 2.87. The standard InChI is InChI=1S/C15H13BrN2O4S2/c16-13-7-8-14(23-13)24(20,21)18-12-6-2-1-5-11(12)15(19)22-10-4-3-9-17/h1-2,5-8,18H,3-4,10H2. The summed E-state index contributed by atoms with van der Waals surface area (Å²) in [5.74, 6) is -0.640. The van der Waals surface area contributed by atoms with Gasteiger partial charge in [-0.3, -0.25) is 4.72 Å². The fourth-order valence-electron chi connectivity index (χ4n) is 1.78. The molecule has 0 spiro atoms. The van der Waals surface area contributed by atoms with Crippen LogP contribution in [0.2, 0.25) is 0 Å². The maximum absolute atomic E-state index is 12.4. The molecule has 1 heterocycles. The van der Waals surface area contributed by atoms with Crippen molar-refractivity contribution in [2.75, 3.05) is 11.3 Å². The van der Waals surface area contributed by atoms with Gasteiger partial charge in [-0.15, -0.1) is 11.3 Å². The highest BCUT2D eigenvalue weighted by Crippen LogP contribution is 2.28. The van der Waals surface area contributed by atoms with Gasteiger partial charge in [-0.1, -0.05) is 12.1 Å². The summed E-state index contributed by atoms with van der Waals surface area (Å²) in [7, 11) is -3.79. The summed E-state index contributed by atoms with van der Waals surface area (Å²) >= 11 is 4.29. The summed E-state index contributed by atoms with van der Waals surface area (Å²) in [5.41, 5.74) is 0.265. The minimum absolute atomic E-state index is 0.103. The summed E-state index contributed by atoms with van der Waals surface area (Å²) in [5, 5.41) is 8.46. The molecule has 0 radical (unpaired) electrons. The van der Waals surface area contributed by atoms with Gasteiger partial charge in [0.25, 0.3) is 10.0 Å². The Kier molecular flexibility index (Phi) is 6.36. The molecule has 0 atom stereocenters. The van der Waals surface area contributed by atoms with Crippen LogP contribution in [0, 0.1) is 11.3 Å². The van der Waals surface area contributed by atoms with Crippen molar-refractivity contribution in [1.29, 1.82) is 5.26 Å². The molecule has 0 saturated carbocycles. The van der Waals surface area contributed by atoms with E-state index in [0.717, 1.165) is 11.3 Å². The third kappa shape index (κ3) is 4.80. The lowest BCUT2D eigenvalue weighted by atomic mass is 10.2. The molecule has 2 aromatic rings. The third-order valence-corrected chi connectivity index (χ3v) is 6.35. The van der Waals surface area contributed by atoms with Gasteiger partial charge in [-0.2, -0.15) is 5.26 Å². The molecule has 2 rings (SSSR count). The minimum Gasteiger partial charge on any atom is -0.462 e. The van der Waals surface area contributed by atoms with Crippen LogP contribution < -0.4 is 4.72 Å². The van der Waals surface area contributed by atoms with E-state index in [4.69, 9.17) is 10.00 Å². The number of ether oxygens (including phenoxy) is 1. The molecule has 1 aromatic carbocycles. The lowest BCUT2D eigenvalue weighted by Gasteiger charge is -2.11. The molecule has 0 fully saturated rings. The summed E-state index contributed by atoms with van der Waals surface area (Å²) in [6, 6.07) is 11.3. The number of thiophene rings is 1. The van der Waals surface area contributed by atoms with E-state index < -0.39 is 16.0 Å². The first-order valence-corrected chi connectivity index (χ1v) is 9.94. The highest BCUT2D eigenvalue weighted by atomic mass is 79.9. The van der Waals surface area contributed by atoms with E-state index >= 15 is 0 Å². The Morgan fingerprint density at radius 2 is 2.04 bits per heavy atom. The van der Waals surface area contributed by atoms with E-state index in [2.05, 4.69) is 20.7 Å². The van der Waals surface area contributed by atoms with E-state index in [1.54, 1.807) is 18.2 Å². The highest BCUT2D eigenvalue weighted by molar-refractivity contribution is 9.11. The number of hydrogen-bond donors (Lipinski definition) is 1. The van der Waals surface area contributed by atoms with E-state index in [1.165, 1.54) is 18.2 Å². The maximum atomic E-state index is 12.4. The lowest BCUT2D eigenvalue weighted by Crippen LogP contribution is -2.15. The lowest BCUT2D eigenvalue weighted by molar-refractivity contribution is 0.0503. The zero-order chi connectivity index (χ0) is 17.6. The number of para-hydroxylation sites is 1. The van der Waals surface area contributed by atoms with Crippen molar-refractivity contribution in [3.63, 3.8) is 0 Å². The Labute approximate surface area is 152 Å². The van der Waals surface area contributed by atoms with Gasteiger partial charge in [-0.05, 0) is 46.6 Å². The molecule has 6 nitrogen and oxygen atoms in total. The average Bonchev–Trinajstić information content (AvgIpc) is 2.99. The number of benzene rings is 1. The van der Waals surface area contributed by atoms with Crippen molar-refractivity contribution in [3.05, 3.63) is 45.7 Å². The molecule has 0 bridgehead atoms. The molecular formula is C15H13BrN2O4S2. The van der Waals surface area contributed by atoms with Crippen molar-refractivity contribution in [1.82, 2.24) is 0 Å². The maximum Gasteiger partial charge on any atom is 0.340 e. The number of carbonyl (C=O) groups excluding carboxylic acids is 1. The van der Waals surface area contributed by atoms with Crippen molar-refractivity contribution in [2.24, 2.45) is 0 Å². The number of nitriles is 1. The molecule has 1 aromatic heterocycles. The molecule has 0 aliphatic heterocycles. The molecule has 1 N–H and O–H groups in total. The minimum atomic E-state index is -3.79. The summed E-state index contributed by atoms with van der Waals surface area (Å²) in [4.78, 5) is 12.1. The largest absolute Gasteiger partial charge is 0.462 e. The Bertz CT molecular complexity index is 872. The van der Waals surface area contributed by atoms with Crippen molar-refractivity contribution >= 4 is 48.9 Å². The first kappa shape index (κ1) is 18.4. The number of nitrogens with zero attached hydrogens (tertiary/aromatic N) is 1. The Morgan fingerprint density at radius 1 is 1.29 bits per heavy atom. The van der Waals surface area contributed by atoms with Gasteiger partial charge in [0.05, 0.1) is 27.7 Å². The molecule has 0 aliphatic carbocycles. The number of esters is 1. The van der Waals surface area contributed by atoms with E-state index in [1.807, 2.05) is 6.07 Å². The van der Waals surface area contributed by atoms with Gasteiger partial charge in [0.15, 0.2) is 0 Å². The second-order valence-electron chi connectivity index (χ2n) is 4.61. The number of hydrogen-bond acceptors (Lipinski definition) is 6. The van der Waals surface area contributed by atoms with Crippen molar-refractivity contribution in [2.45, 2.75) is 17.1 Å². The zero-order valence-electron chi connectivity index (χ0n) is 12.4. The van der Waals surface area contributed by atoms with Crippen LogP contribution in [0.1, 0.15) is 23.2 Å². The van der Waals surface area contributed by atoms with Crippen LogP contribution in [0.4, 0.5) is 5.69 Å². The number of sulfonamides is 1. The van der Waals surface area contributed by atoms with Gasteiger partial charge < -0.3 is 4.74 Å². The Hall–Kier alpha value is -1.89. The average molecular weight is 429 g/mol. The van der Waals surface area contributed by atoms with Gasteiger partial charge in [-0.25, -0.2) is 13.2 Å². The van der Waals surface area contributed by atoms with Gasteiger partial charge >= 0.3 is 5.97 Å². The van der Waals surface area contributed by atoms with Gasteiger partial charge in [0.1, 0.15) is 4.21 Å². The molecule has 24 heavy (non-hydrogen) atoms. The quantitative estimate of drug-likeness (QED) is 0.534. The highest BCUT2D eigenvalue weighted by Gasteiger charge is 2.20. The van der Waals surface area contributed by atoms with Crippen LogP contribution in [0.3, 0.4) is 0 Å².